The van der Waals surface area contributed by atoms with Crippen molar-refractivity contribution >= 4 is 27.5 Å². The fourth-order valence-electron chi connectivity index (χ4n) is 4.11. The number of sulfonamides is 1. The summed E-state index contributed by atoms with van der Waals surface area (Å²) in [4.78, 5) is 26.6. The Labute approximate surface area is 190 Å². The minimum Gasteiger partial charge on any atom is -0.379 e. The van der Waals surface area contributed by atoms with Gasteiger partial charge in [0.15, 0.2) is 0 Å². The molecule has 0 radical (unpaired) electrons. The molecule has 2 fully saturated rings. The van der Waals surface area contributed by atoms with E-state index >= 15 is 0 Å². The number of rotatable bonds is 9. The Balaban J connectivity index is 1.52. The highest BCUT2D eigenvalue weighted by molar-refractivity contribution is 7.89. The molecule has 3 rings (SSSR count). The van der Waals surface area contributed by atoms with Gasteiger partial charge in [-0.15, -0.1) is 0 Å². The molecule has 178 valence electrons. The number of carbonyl (C=O) groups is 2. The third-order valence-corrected chi connectivity index (χ3v) is 7.66. The van der Waals surface area contributed by atoms with Crippen LogP contribution in [0.4, 0.5) is 5.69 Å². The molecule has 2 heterocycles. The second kappa shape index (κ2) is 11.7. The summed E-state index contributed by atoms with van der Waals surface area (Å²) < 4.78 is 32.3. The maximum Gasteiger partial charge on any atom is 0.243 e. The van der Waals surface area contributed by atoms with E-state index < -0.39 is 10.0 Å². The predicted octanol–water partition coefficient (Wildman–Crippen LogP) is 1.27. The third-order valence-electron chi connectivity index (χ3n) is 5.76. The van der Waals surface area contributed by atoms with Gasteiger partial charge < -0.3 is 15.4 Å². The highest BCUT2D eigenvalue weighted by Crippen LogP contribution is 2.21. The molecule has 0 aromatic heterocycles. The summed E-state index contributed by atoms with van der Waals surface area (Å²) in [6.07, 6.45) is 3.39. The summed E-state index contributed by atoms with van der Waals surface area (Å²) in [6, 6.07) is 6.38. The van der Waals surface area contributed by atoms with Crippen LogP contribution in [-0.2, 0) is 24.3 Å². The van der Waals surface area contributed by atoms with Gasteiger partial charge in [0.05, 0.1) is 24.7 Å². The molecule has 2 N–H and O–H groups in total. The number of likely N-dealkylation sites (tertiary alicyclic amines) is 1. The number of anilines is 1. The SMILES string of the molecule is CCCC(=O)NCC1CCCN(CC(=O)Nc2cccc(S(=O)(=O)N3CCOCC3)c2)C1. The van der Waals surface area contributed by atoms with Crippen LogP contribution in [0, 0.1) is 5.92 Å². The Morgan fingerprint density at radius 1 is 1.16 bits per heavy atom. The van der Waals surface area contributed by atoms with Crippen LogP contribution in [0.5, 0.6) is 0 Å². The van der Waals surface area contributed by atoms with E-state index in [2.05, 4.69) is 15.5 Å². The number of nitrogens with zero attached hydrogens (tertiary/aromatic N) is 2. The average Bonchev–Trinajstić information content (AvgIpc) is 2.79. The largest absolute Gasteiger partial charge is 0.379 e. The van der Waals surface area contributed by atoms with Crippen molar-refractivity contribution in [3.05, 3.63) is 24.3 Å². The zero-order chi connectivity index (χ0) is 23.0. The summed E-state index contributed by atoms with van der Waals surface area (Å²) in [5, 5.41) is 5.81. The van der Waals surface area contributed by atoms with Crippen LogP contribution in [0.2, 0.25) is 0 Å². The van der Waals surface area contributed by atoms with Crippen molar-refractivity contribution in [1.29, 1.82) is 0 Å². The summed E-state index contributed by atoms with van der Waals surface area (Å²) >= 11 is 0. The summed E-state index contributed by atoms with van der Waals surface area (Å²) in [5.74, 6) is 0.232. The van der Waals surface area contributed by atoms with Crippen LogP contribution in [-0.4, -0.2) is 81.9 Å². The van der Waals surface area contributed by atoms with E-state index in [9.17, 15) is 18.0 Å². The lowest BCUT2D eigenvalue weighted by Gasteiger charge is -2.32. The minimum absolute atomic E-state index is 0.0780. The van der Waals surface area contributed by atoms with Gasteiger partial charge in [0.2, 0.25) is 21.8 Å². The number of hydrogen-bond acceptors (Lipinski definition) is 6. The third kappa shape index (κ3) is 6.99. The number of nitrogens with one attached hydrogen (secondary N) is 2. The van der Waals surface area contributed by atoms with Gasteiger partial charge in [-0.05, 0) is 49.9 Å². The molecule has 2 amide bonds. The van der Waals surface area contributed by atoms with Crippen molar-refractivity contribution in [3.63, 3.8) is 0 Å². The minimum atomic E-state index is -3.62. The summed E-state index contributed by atoms with van der Waals surface area (Å²) in [6.45, 7) is 5.86. The van der Waals surface area contributed by atoms with Crippen LogP contribution in [0.3, 0.4) is 0 Å². The maximum atomic E-state index is 12.8. The van der Waals surface area contributed by atoms with Crippen molar-refractivity contribution < 1.29 is 22.7 Å². The maximum absolute atomic E-state index is 12.8. The van der Waals surface area contributed by atoms with Crippen molar-refractivity contribution in [1.82, 2.24) is 14.5 Å². The first-order valence-corrected chi connectivity index (χ1v) is 12.8. The molecule has 9 nitrogen and oxygen atoms in total. The molecule has 0 spiro atoms. The summed E-state index contributed by atoms with van der Waals surface area (Å²) in [7, 11) is -3.62. The normalized spacial score (nSPS) is 20.6. The molecule has 0 saturated carbocycles. The van der Waals surface area contributed by atoms with Crippen LogP contribution in [0.1, 0.15) is 32.6 Å². The average molecular weight is 467 g/mol. The van der Waals surface area contributed by atoms with E-state index in [0.717, 1.165) is 32.4 Å². The smallest absolute Gasteiger partial charge is 0.243 e. The van der Waals surface area contributed by atoms with Gasteiger partial charge in [-0.25, -0.2) is 8.42 Å². The van der Waals surface area contributed by atoms with E-state index in [0.29, 0.717) is 50.9 Å². The van der Waals surface area contributed by atoms with Gasteiger partial charge in [-0.3, -0.25) is 14.5 Å². The molecular weight excluding hydrogens is 432 g/mol. The Kier molecular flexibility index (Phi) is 9.03. The zero-order valence-electron chi connectivity index (χ0n) is 18.7. The number of benzene rings is 1. The van der Waals surface area contributed by atoms with E-state index in [-0.39, 0.29) is 23.3 Å². The van der Waals surface area contributed by atoms with Gasteiger partial charge in [-0.1, -0.05) is 13.0 Å². The molecule has 0 aliphatic carbocycles. The Morgan fingerprint density at radius 3 is 2.69 bits per heavy atom. The summed E-state index contributed by atoms with van der Waals surface area (Å²) in [5.41, 5.74) is 0.463. The van der Waals surface area contributed by atoms with E-state index in [4.69, 9.17) is 4.74 Å². The quantitative estimate of drug-likeness (QED) is 0.568. The Morgan fingerprint density at radius 2 is 1.94 bits per heavy atom. The number of piperidine rings is 1. The lowest BCUT2D eigenvalue weighted by molar-refractivity contribution is -0.121. The number of carbonyl (C=O) groups excluding carboxylic acids is 2. The lowest BCUT2D eigenvalue weighted by atomic mass is 9.98. The molecule has 2 saturated heterocycles. The van der Waals surface area contributed by atoms with Crippen molar-refractivity contribution in [2.45, 2.75) is 37.5 Å². The van der Waals surface area contributed by atoms with Crippen LogP contribution in [0.15, 0.2) is 29.2 Å². The molecule has 32 heavy (non-hydrogen) atoms. The first kappa shape index (κ1) is 24.6. The molecule has 10 heteroatoms. The number of ether oxygens (including phenoxy) is 1. The highest BCUT2D eigenvalue weighted by atomic mass is 32.2. The first-order chi connectivity index (χ1) is 15.4. The fourth-order valence-corrected chi connectivity index (χ4v) is 5.56. The van der Waals surface area contributed by atoms with Gasteiger partial charge in [0.1, 0.15) is 0 Å². The van der Waals surface area contributed by atoms with E-state index in [1.54, 1.807) is 18.2 Å². The molecule has 1 unspecified atom stereocenters. The first-order valence-electron chi connectivity index (χ1n) is 11.4. The zero-order valence-corrected chi connectivity index (χ0v) is 19.5. The Hall–Kier alpha value is -2.01. The molecular formula is C22H34N4O5S. The number of amides is 2. The molecule has 1 atom stereocenters. The number of morpholine rings is 1. The standard InChI is InChI=1S/C22H34N4O5S/c1-2-5-21(27)23-15-18-6-4-9-25(16-18)17-22(28)24-19-7-3-8-20(14-19)32(29,30)26-10-12-31-13-11-26/h3,7-8,14,18H,2,4-6,9-13,15-17H2,1H3,(H,23,27)(H,24,28). The second-order valence-electron chi connectivity index (χ2n) is 8.39. The van der Waals surface area contributed by atoms with Crippen LogP contribution in [0.25, 0.3) is 0 Å². The molecule has 1 aromatic carbocycles. The Bertz CT molecular complexity index is 886. The van der Waals surface area contributed by atoms with Gasteiger partial charge >= 0.3 is 0 Å². The van der Waals surface area contributed by atoms with Crippen LogP contribution < -0.4 is 10.6 Å². The van der Waals surface area contributed by atoms with Crippen molar-refractivity contribution in [2.24, 2.45) is 5.92 Å². The van der Waals surface area contributed by atoms with Gasteiger partial charge in [-0.2, -0.15) is 4.31 Å². The topological polar surface area (TPSA) is 108 Å². The monoisotopic (exact) mass is 466 g/mol. The van der Waals surface area contributed by atoms with E-state index in [1.165, 1.54) is 10.4 Å². The number of hydrogen-bond donors (Lipinski definition) is 2. The molecule has 0 bridgehead atoms. The van der Waals surface area contributed by atoms with E-state index in [1.807, 2.05) is 6.92 Å². The van der Waals surface area contributed by atoms with Crippen molar-refractivity contribution in [3.8, 4) is 0 Å². The lowest BCUT2D eigenvalue weighted by Crippen LogP contribution is -2.43. The van der Waals surface area contributed by atoms with Gasteiger partial charge in [0.25, 0.3) is 0 Å². The van der Waals surface area contributed by atoms with Crippen LogP contribution >= 0.6 is 0 Å². The molecule has 1 aromatic rings. The second-order valence-corrected chi connectivity index (χ2v) is 10.3. The van der Waals surface area contributed by atoms with Gasteiger partial charge in [0, 0.05) is 38.3 Å². The highest BCUT2D eigenvalue weighted by Gasteiger charge is 2.27. The van der Waals surface area contributed by atoms with Crippen molar-refractivity contribution in [2.75, 3.05) is 57.8 Å². The predicted molar refractivity (Wildman–Crippen MR) is 122 cm³/mol. The molecule has 2 aliphatic heterocycles. The molecule has 2 aliphatic rings. The fraction of sp³-hybridized carbons (Fsp3) is 0.636.